The Morgan fingerprint density at radius 1 is 0.603 bits per heavy atom. The first-order valence-electron chi connectivity index (χ1n) is 19.1. The van der Waals surface area contributed by atoms with Crippen molar-refractivity contribution in [1.82, 2.24) is 41.4 Å². The molecule has 0 unspecified atom stereocenters. The van der Waals surface area contributed by atoms with Crippen molar-refractivity contribution in [3.63, 3.8) is 0 Å². The molecule has 2 atom stereocenters. The fraction of sp³-hybridized carbons (Fsp3) is 0.366. The van der Waals surface area contributed by atoms with Crippen LogP contribution in [0.25, 0.3) is 0 Å². The van der Waals surface area contributed by atoms with Crippen LogP contribution in [0.1, 0.15) is 72.1 Å². The third-order valence-electron chi connectivity index (χ3n) is 9.23. The van der Waals surface area contributed by atoms with Crippen molar-refractivity contribution in [2.75, 3.05) is 53.5 Å². The molecule has 0 saturated carbocycles. The lowest BCUT2D eigenvalue weighted by Crippen LogP contribution is -2.52. The van der Waals surface area contributed by atoms with E-state index >= 15 is 0 Å². The predicted molar refractivity (Wildman–Crippen MR) is 215 cm³/mol. The molecule has 0 aliphatic carbocycles. The van der Waals surface area contributed by atoms with Gasteiger partial charge in [0.2, 0.25) is 0 Å². The molecular formula is C41H50N8O9. The third-order valence-corrected chi connectivity index (χ3v) is 9.23. The molecule has 4 aromatic rings. The molecule has 6 N–H and O–H groups in total. The van der Waals surface area contributed by atoms with Crippen molar-refractivity contribution >= 4 is 23.6 Å². The molecule has 308 valence electrons. The second kappa shape index (κ2) is 21.9. The van der Waals surface area contributed by atoms with Gasteiger partial charge in [-0.05, 0) is 81.3 Å². The van der Waals surface area contributed by atoms with E-state index in [1.807, 2.05) is 31.3 Å². The standard InChI is InChI=1S/C41H50N8O9/c1-42-20-9-10-21-44-22-11-23-45-39(53)35-19-17-31(41(55)49(35)58-25-29-14-7-4-8-15-29)37(51)47-33-27-56-26-32(33)46-36(50)30-16-18-34(38(52)43-2)48(40(30)54)57-24-28-12-5-3-6-13-28/h3-8,12-19,32-33,42,44H,9-11,20-27H2,1-2H3,(H,43,52)(H,45,53)(H,46,50)(H,47,51)/t32-,33+/m0/s1. The summed E-state index contributed by atoms with van der Waals surface area (Å²) in [5.41, 5.74) is -1.11. The molecule has 4 amide bonds. The first kappa shape index (κ1) is 42.8. The van der Waals surface area contributed by atoms with Crippen LogP contribution in [0, 0.1) is 0 Å². The number of unbranched alkanes of at least 4 members (excludes halogenated alkanes) is 1. The van der Waals surface area contributed by atoms with E-state index in [1.54, 1.807) is 36.4 Å². The zero-order valence-electron chi connectivity index (χ0n) is 32.6. The predicted octanol–water partition coefficient (Wildman–Crippen LogP) is 0.264. The quantitative estimate of drug-likeness (QED) is 0.0630. The summed E-state index contributed by atoms with van der Waals surface area (Å²) >= 11 is 0. The van der Waals surface area contributed by atoms with Gasteiger partial charge in [-0.3, -0.25) is 28.8 Å². The maximum Gasteiger partial charge on any atom is 0.296 e. The van der Waals surface area contributed by atoms with Gasteiger partial charge in [-0.1, -0.05) is 60.7 Å². The van der Waals surface area contributed by atoms with Crippen LogP contribution < -0.4 is 52.7 Å². The zero-order chi connectivity index (χ0) is 41.3. The molecular weight excluding hydrogens is 748 g/mol. The molecule has 58 heavy (non-hydrogen) atoms. The molecule has 17 heteroatoms. The monoisotopic (exact) mass is 798 g/mol. The molecule has 1 saturated heterocycles. The Bertz CT molecular complexity index is 2130. The van der Waals surface area contributed by atoms with E-state index in [9.17, 15) is 28.8 Å². The van der Waals surface area contributed by atoms with Crippen LogP contribution in [0.3, 0.4) is 0 Å². The first-order valence-corrected chi connectivity index (χ1v) is 19.1. The summed E-state index contributed by atoms with van der Waals surface area (Å²) in [6.07, 6.45) is 2.76. The number of carbonyl (C=O) groups is 4. The van der Waals surface area contributed by atoms with Crippen LogP contribution in [0.15, 0.2) is 94.5 Å². The van der Waals surface area contributed by atoms with Crippen LogP contribution in [-0.4, -0.2) is 98.7 Å². The molecule has 1 aliphatic rings. The van der Waals surface area contributed by atoms with E-state index in [4.69, 9.17) is 14.4 Å². The highest BCUT2D eigenvalue weighted by atomic mass is 16.7. The molecule has 17 nitrogen and oxygen atoms in total. The molecule has 0 bridgehead atoms. The number of amides is 4. The second-order valence-electron chi connectivity index (χ2n) is 13.4. The Labute approximate surface area is 335 Å². The molecule has 1 fully saturated rings. The lowest BCUT2D eigenvalue weighted by atomic mass is 10.1. The van der Waals surface area contributed by atoms with Gasteiger partial charge in [-0.25, -0.2) is 0 Å². The molecule has 0 radical (unpaired) electrons. The fourth-order valence-corrected chi connectivity index (χ4v) is 6.05. The molecule has 2 aromatic carbocycles. The van der Waals surface area contributed by atoms with Gasteiger partial charge < -0.3 is 46.3 Å². The number of nitrogens with zero attached hydrogens (tertiary/aromatic N) is 2. The highest BCUT2D eigenvalue weighted by Crippen LogP contribution is 2.10. The van der Waals surface area contributed by atoms with Crippen LogP contribution >= 0.6 is 0 Å². The van der Waals surface area contributed by atoms with Crippen molar-refractivity contribution in [1.29, 1.82) is 0 Å². The van der Waals surface area contributed by atoms with E-state index in [0.717, 1.165) is 46.5 Å². The van der Waals surface area contributed by atoms with Crippen molar-refractivity contribution in [2.45, 2.75) is 44.6 Å². The number of hydrogen-bond donors (Lipinski definition) is 6. The summed E-state index contributed by atoms with van der Waals surface area (Å²) in [6, 6.07) is 21.5. The highest BCUT2D eigenvalue weighted by molar-refractivity contribution is 5.97. The number of ether oxygens (including phenoxy) is 1. The minimum atomic E-state index is -0.873. The topological polar surface area (TPSA) is 212 Å². The van der Waals surface area contributed by atoms with E-state index < -0.39 is 46.8 Å². The van der Waals surface area contributed by atoms with Gasteiger partial charge in [-0.15, -0.1) is 9.46 Å². The van der Waals surface area contributed by atoms with Gasteiger partial charge in [0, 0.05) is 13.6 Å². The van der Waals surface area contributed by atoms with Crippen molar-refractivity contribution in [2.24, 2.45) is 0 Å². The molecule has 1 aliphatic heterocycles. The minimum absolute atomic E-state index is 0.0128. The van der Waals surface area contributed by atoms with Crippen molar-refractivity contribution in [3.05, 3.63) is 139 Å². The summed E-state index contributed by atoms with van der Waals surface area (Å²) in [6.45, 7) is 2.73. The summed E-state index contributed by atoms with van der Waals surface area (Å²) in [5, 5.41) is 17.2. The summed E-state index contributed by atoms with van der Waals surface area (Å²) < 4.78 is 7.15. The smallest absolute Gasteiger partial charge is 0.296 e. The Morgan fingerprint density at radius 3 is 1.59 bits per heavy atom. The average molecular weight is 799 g/mol. The van der Waals surface area contributed by atoms with E-state index in [2.05, 4.69) is 31.9 Å². The largest absolute Gasteiger partial charge is 0.405 e. The first-order chi connectivity index (χ1) is 28.2. The maximum atomic E-state index is 13.8. The Balaban J connectivity index is 1.27. The second-order valence-corrected chi connectivity index (χ2v) is 13.4. The van der Waals surface area contributed by atoms with Crippen molar-refractivity contribution in [3.8, 4) is 0 Å². The normalized spacial score (nSPS) is 14.7. The van der Waals surface area contributed by atoms with Gasteiger partial charge in [0.25, 0.3) is 34.7 Å². The van der Waals surface area contributed by atoms with Crippen LogP contribution in [0.2, 0.25) is 0 Å². The van der Waals surface area contributed by atoms with Gasteiger partial charge >= 0.3 is 0 Å². The summed E-state index contributed by atoms with van der Waals surface area (Å²) in [4.78, 5) is 91.9. The molecule has 5 rings (SSSR count). The molecule has 0 spiro atoms. The van der Waals surface area contributed by atoms with Gasteiger partial charge in [0.1, 0.15) is 35.7 Å². The van der Waals surface area contributed by atoms with Crippen molar-refractivity contribution < 1.29 is 33.6 Å². The van der Waals surface area contributed by atoms with Gasteiger partial charge in [0.15, 0.2) is 0 Å². The van der Waals surface area contributed by atoms with E-state index in [-0.39, 0.29) is 48.9 Å². The minimum Gasteiger partial charge on any atom is -0.405 e. The molecule has 2 aromatic heterocycles. The third kappa shape index (κ3) is 11.6. The van der Waals surface area contributed by atoms with Gasteiger partial charge in [0.05, 0.1) is 25.3 Å². The average Bonchev–Trinajstić information content (AvgIpc) is 3.67. The number of nitrogens with one attached hydrogen (secondary N) is 6. The maximum absolute atomic E-state index is 13.8. The van der Waals surface area contributed by atoms with Crippen LogP contribution in [-0.2, 0) is 18.0 Å². The van der Waals surface area contributed by atoms with E-state index in [1.165, 1.54) is 31.3 Å². The highest BCUT2D eigenvalue weighted by Gasteiger charge is 2.33. The SMILES string of the molecule is CNCCCCNCCCNC(=O)c1ccc(C(=O)N[C@@H]2COC[C@@H]2NC(=O)c2ccc(C(=O)NC)n(OCc3ccccc3)c2=O)c(=O)n1OCc1ccccc1. The number of benzene rings is 2. The van der Waals surface area contributed by atoms with Crippen LogP contribution in [0.5, 0.6) is 0 Å². The fourth-order valence-electron chi connectivity index (χ4n) is 6.05. The Kier molecular flexibility index (Phi) is 16.1. The molecule has 3 heterocycles. The zero-order valence-corrected chi connectivity index (χ0v) is 32.6. The number of rotatable bonds is 21. The van der Waals surface area contributed by atoms with E-state index in [0.29, 0.717) is 19.5 Å². The lowest BCUT2D eigenvalue weighted by molar-refractivity contribution is 0.0692. The summed E-state index contributed by atoms with van der Waals surface area (Å²) in [5.74, 6) is -2.74. The number of hydrogen-bond acceptors (Lipinski definition) is 11. The Morgan fingerprint density at radius 2 is 1.09 bits per heavy atom. The number of pyridine rings is 2. The van der Waals surface area contributed by atoms with Crippen LogP contribution in [0.4, 0.5) is 0 Å². The Hall–Kier alpha value is -6.30. The lowest BCUT2D eigenvalue weighted by Gasteiger charge is -2.21. The number of carbonyl (C=O) groups excluding carboxylic acids is 4. The summed E-state index contributed by atoms with van der Waals surface area (Å²) in [7, 11) is 3.32. The van der Waals surface area contributed by atoms with Gasteiger partial charge in [-0.2, -0.15) is 0 Å². The number of aromatic nitrogens is 2.